The number of aromatic nitrogens is 4. The Morgan fingerprint density at radius 1 is 1.03 bits per heavy atom. The summed E-state index contributed by atoms with van der Waals surface area (Å²) in [5, 5.41) is 0. The minimum atomic E-state index is -4.59. The first-order valence-corrected chi connectivity index (χ1v) is 10.2. The Hall–Kier alpha value is -3.63. The van der Waals surface area contributed by atoms with Gasteiger partial charge in [-0.05, 0) is 37.0 Å². The van der Waals surface area contributed by atoms with Gasteiger partial charge >= 0.3 is 6.18 Å². The molecule has 2 fully saturated rings. The zero-order valence-corrected chi connectivity index (χ0v) is 17.0. The second-order valence-electron chi connectivity index (χ2n) is 7.99. The van der Waals surface area contributed by atoms with Gasteiger partial charge in [0.2, 0.25) is 5.88 Å². The van der Waals surface area contributed by atoms with Crippen LogP contribution in [0, 0.1) is 11.7 Å². The Labute approximate surface area is 185 Å². The van der Waals surface area contributed by atoms with Gasteiger partial charge in [-0.2, -0.15) is 13.2 Å². The molecule has 0 radical (unpaired) electrons. The molecule has 1 amide bonds. The molecule has 0 N–H and O–H groups in total. The van der Waals surface area contributed by atoms with Crippen LogP contribution >= 0.6 is 0 Å². The van der Waals surface area contributed by atoms with Gasteiger partial charge in [-0.25, -0.2) is 24.3 Å². The highest BCUT2D eigenvalue weighted by Crippen LogP contribution is 2.41. The second-order valence-corrected chi connectivity index (χ2v) is 7.99. The van der Waals surface area contributed by atoms with E-state index in [4.69, 9.17) is 4.74 Å². The topological polar surface area (TPSA) is 81.1 Å². The summed E-state index contributed by atoms with van der Waals surface area (Å²) in [6, 6.07) is 5.50. The maximum absolute atomic E-state index is 14.7. The van der Waals surface area contributed by atoms with Crippen molar-refractivity contribution >= 4 is 5.91 Å². The van der Waals surface area contributed by atoms with Gasteiger partial charge in [-0.3, -0.25) is 4.79 Å². The van der Waals surface area contributed by atoms with E-state index in [1.807, 2.05) is 0 Å². The SMILES string of the molecule is O=C(c1cccc(F)c1-c1ncccn1)N1C[C@H]2C[C@@H](Oc3cnc(C(F)(F)F)cn3)[C@@H]1C2. The number of amides is 1. The van der Waals surface area contributed by atoms with E-state index in [1.165, 1.54) is 30.6 Å². The van der Waals surface area contributed by atoms with E-state index in [0.29, 0.717) is 25.6 Å². The molecule has 2 bridgehead atoms. The average molecular weight is 459 g/mol. The molecule has 0 unspecified atom stereocenters. The average Bonchev–Trinajstić information content (AvgIpc) is 3.39. The Morgan fingerprint density at radius 2 is 1.82 bits per heavy atom. The summed E-state index contributed by atoms with van der Waals surface area (Å²) in [5.41, 5.74) is -0.944. The number of nitrogens with zero attached hydrogens (tertiary/aromatic N) is 5. The maximum Gasteiger partial charge on any atom is 0.434 e. The lowest BCUT2D eigenvalue weighted by molar-refractivity contribution is -0.141. The predicted octanol–water partition coefficient (Wildman–Crippen LogP) is 3.77. The highest BCUT2D eigenvalue weighted by Gasteiger charge is 2.49. The highest BCUT2D eigenvalue weighted by atomic mass is 19.4. The summed E-state index contributed by atoms with van der Waals surface area (Å²) in [6.45, 7) is 0.480. The van der Waals surface area contributed by atoms with Crippen molar-refractivity contribution in [2.24, 2.45) is 5.92 Å². The van der Waals surface area contributed by atoms with Crippen molar-refractivity contribution in [1.82, 2.24) is 24.8 Å². The molecular formula is C22H17F4N5O2. The zero-order chi connectivity index (χ0) is 23.2. The van der Waals surface area contributed by atoms with E-state index in [2.05, 4.69) is 19.9 Å². The monoisotopic (exact) mass is 459 g/mol. The first-order chi connectivity index (χ1) is 15.8. The van der Waals surface area contributed by atoms with Crippen LogP contribution in [0.3, 0.4) is 0 Å². The number of likely N-dealkylation sites (tertiary alicyclic amines) is 1. The van der Waals surface area contributed by atoms with Gasteiger partial charge in [0.05, 0.1) is 29.6 Å². The van der Waals surface area contributed by atoms with Crippen LogP contribution in [0.4, 0.5) is 17.6 Å². The third-order valence-corrected chi connectivity index (χ3v) is 5.91. The normalized spacial score (nSPS) is 21.9. The zero-order valence-electron chi connectivity index (χ0n) is 17.0. The molecule has 2 aromatic heterocycles. The van der Waals surface area contributed by atoms with Crippen molar-refractivity contribution in [2.75, 3.05) is 6.54 Å². The minimum absolute atomic E-state index is 0.0250. The molecule has 170 valence electrons. The molecule has 3 atom stereocenters. The van der Waals surface area contributed by atoms with Gasteiger partial charge < -0.3 is 9.64 Å². The standard InChI is InChI=1S/C22H17F4N5O2/c23-14-4-1-3-13(19(14)20-27-5-2-6-28-20)21(32)31-11-12-7-15(31)16(8-12)33-18-10-29-17(9-30-18)22(24,25)26/h1-6,9-10,12,15-16H,7-8,11H2/t12-,15+,16-/m1/s1. The molecular weight excluding hydrogens is 442 g/mol. The minimum Gasteiger partial charge on any atom is -0.471 e. The quantitative estimate of drug-likeness (QED) is 0.553. The lowest BCUT2D eigenvalue weighted by Crippen LogP contribution is -2.47. The number of hydrogen-bond donors (Lipinski definition) is 0. The van der Waals surface area contributed by atoms with Crippen LogP contribution in [0.2, 0.25) is 0 Å². The molecule has 1 aliphatic carbocycles. The number of piperidine rings is 1. The van der Waals surface area contributed by atoms with Gasteiger partial charge in [0.15, 0.2) is 11.5 Å². The molecule has 3 aromatic rings. The summed E-state index contributed by atoms with van der Waals surface area (Å²) in [6.07, 6.45) is 0.746. The summed E-state index contributed by atoms with van der Waals surface area (Å²) in [4.78, 5) is 30.3. The molecule has 3 heterocycles. The van der Waals surface area contributed by atoms with Crippen molar-refractivity contribution in [1.29, 1.82) is 0 Å². The highest BCUT2D eigenvalue weighted by molar-refractivity contribution is 6.00. The van der Waals surface area contributed by atoms with Crippen LogP contribution in [0.25, 0.3) is 11.4 Å². The van der Waals surface area contributed by atoms with Crippen LogP contribution in [0.15, 0.2) is 49.1 Å². The Balaban J connectivity index is 1.38. The van der Waals surface area contributed by atoms with E-state index in [0.717, 1.165) is 6.20 Å². The van der Waals surface area contributed by atoms with Crippen LogP contribution in [-0.2, 0) is 6.18 Å². The molecule has 5 rings (SSSR count). The Morgan fingerprint density at radius 3 is 2.48 bits per heavy atom. The lowest BCUT2D eigenvalue weighted by atomic mass is 10.0. The summed E-state index contributed by atoms with van der Waals surface area (Å²) < 4.78 is 58.6. The summed E-state index contributed by atoms with van der Waals surface area (Å²) in [7, 11) is 0. The fourth-order valence-electron chi connectivity index (χ4n) is 4.52. The maximum atomic E-state index is 14.7. The third-order valence-electron chi connectivity index (χ3n) is 5.91. The largest absolute Gasteiger partial charge is 0.471 e. The van der Waals surface area contributed by atoms with Crippen molar-refractivity contribution < 1.29 is 27.1 Å². The van der Waals surface area contributed by atoms with Crippen molar-refractivity contribution in [2.45, 2.75) is 31.2 Å². The smallest absolute Gasteiger partial charge is 0.434 e. The van der Waals surface area contributed by atoms with Crippen LogP contribution in [0.5, 0.6) is 5.88 Å². The first-order valence-electron chi connectivity index (χ1n) is 10.2. The van der Waals surface area contributed by atoms with Crippen LogP contribution < -0.4 is 4.74 Å². The van der Waals surface area contributed by atoms with E-state index in [9.17, 15) is 22.4 Å². The Bertz CT molecular complexity index is 1170. The number of fused-ring (bicyclic) bond motifs is 2. The number of benzene rings is 1. The molecule has 1 saturated heterocycles. The molecule has 33 heavy (non-hydrogen) atoms. The number of carbonyl (C=O) groups excluding carboxylic acids is 1. The molecule has 2 aliphatic rings. The number of hydrogen-bond acceptors (Lipinski definition) is 6. The number of rotatable bonds is 4. The molecule has 7 nitrogen and oxygen atoms in total. The fourth-order valence-corrected chi connectivity index (χ4v) is 4.52. The third kappa shape index (κ3) is 3.98. The lowest BCUT2D eigenvalue weighted by Gasteiger charge is -2.33. The van der Waals surface area contributed by atoms with Crippen molar-refractivity contribution in [3.63, 3.8) is 0 Å². The molecule has 1 aromatic carbocycles. The van der Waals surface area contributed by atoms with E-state index in [1.54, 1.807) is 11.0 Å². The molecule has 0 spiro atoms. The van der Waals surface area contributed by atoms with Crippen molar-refractivity contribution in [3.05, 3.63) is 66.1 Å². The number of alkyl halides is 3. The van der Waals surface area contributed by atoms with Gasteiger partial charge in [0.1, 0.15) is 11.9 Å². The number of carbonyl (C=O) groups is 1. The Kier molecular flexibility index (Phi) is 5.18. The van der Waals surface area contributed by atoms with Crippen molar-refractivity contribution in [3.8, 4) is 17.3 Å². The summed E-state index contributed by atoms with van der Waals surface area (Å²) >= 11 is 0. The predicted molar refractivity (Wildman–Crippen MR) is 106 cm³/mol. The van der Waals surface area contributed by atoms with Gasteiger partial charge in [-0.15, -0.1) is 0 Å². The number of ether oxygens (including phenoxy) is 1. The van der Waals surface area contributed by atoms with E-state index in [-0.39, 0.29) is 40.7 Å². The van der Waals surface area contributed by atoms with Gasteiger partial charge in [-0.1, -0.05) is 6.07 Å². The first kappa shape index (κ1) is 21.2. The van der Waals surface area contributed by atoms with Crippen LogP contribution in [-0.4, -0.2) is 49.4 Å². The van der Waals surface area contributed by atoms with Gasteiger partial charge in [0, 0.05) is 18.9 Å². The molecule has 1 aliphatic heterocycles. The molecule has 1 saturated carbocycles. The van der Waals surface area contributed by atoms with Gasteiger partial charge in [0.25, 0.3) is 5.91 Å². The second kappa shape index (κ2) is 8.05. The fraction of sp³-hybridized carbons (Fsp3) is 0.318. The van der Waals surface area contributed by atoms with E-state index >= 15 is 0 Å². The molecule has 11 heteroatoms. The van der Waals surface area contributed by atoms with Crippen LogP contribution in [0.1, 0.15) is 28.9 Å². The summed E-state index contributed by atoms with van der Waals surface area (Å²) in [5.74, 6) is -0.759. The van der Waals surface area contributed by atoms with E-state index < -0.39 is 23.8 Å². The number of halogens is 4.